The highest BCUT2D eigenvalue weighted by molar-refractivity contribution is 7.11. The minimum atomic E-state index is -0.0546. The number of phenols is 2. The fourth-order valence-electron chi connectivity index (χ4n) is 1.83. The van der Waals surface area contributed by atoms with Gasteiger partial charge in [0.15, 0.2) is 0 Å². The molecule has 5 heteroatoms. The zero-order valence-electron chi connectivity index (χ0n) is 11.1. The van der Waals surface area contributed by atoms with Crippen molar-refractivity contribution >= 4 is 11.3 Å². The van der Waals surface area contributed by atoms with Crippen LogP contribution in [-0.4, -0.2) is 15.2 Å². The first-order valence-electron chi connectivity index (χ1n) is 6.29. The number of hydrogen-bond donors (Lipinski definition) is 3. The summed E-state index contributed by atoms with van der Waals surface area (Å²) in [6.07, 6.45) is 2.90. The van der Waals surface area contributed by atoms with Crippen LogP contribution in [0.5, 0.6) is 11.5 Å². The van der Waals surface area contributed by atoms with Gasteiger partial charge in [-0.05, 0) is 31.5 Å². The average Bonchev–Trinajstić information content (AvgIpc) is 2.87. The van der Waals surface area contributed by atoms with Crippen molar-refractivity contribution < 1.29 is 10.2 Å². The number of rotatable bonds is 5. The van der Waals surface area contributed by atoms with Gasteiger partial charge in [0.25, 0.3) is 0 Å². The number of thiazole rings is 1. The van der Waals surface area contributed by atoms with Gasteiger partial charge in [-0.3, -0.25) is 0 Å². The molecule has 0 radical (unpaired) electrons. The quantitative estimate of drug-likeness (QED) is 0.736. The summed E-state index contributed by atoms with van der Waals surface area (Å²) >= 11 is 1.69. The zero-order chi connectivity index (χ0) is 13.8. The number of aryl methyl sites for hydroxylation is 1. The third-order valence-corrected chi connectivity index (χ3v) is 4.13. The van der Waals surface area contributed by atoms with Crippen molar-refractivity contribution in [3.8, 4) is 11.5 Å². The molecule has 0 spiro atoms. The predicted octanol–water partition coefficient (Wildman–Crippen LogP) is 2.97. The molecule has 1 atom stereocenters. The van der Waals surface area contributed by atoms with Crippen LogP contribution in [-0.2, 0) is 13.0 Å². The number of benzene rings is 1. The Bertz CT molecular complexity index is 554. The molecule has 2 rings (SSSR count). The van der Waals surface area contributed by atoms with E-state index in [1.165, 1.54) is 17.0 Å². The molecule has 3 N–H and O–H groups in total. The monoisotopic (exact) mass is 278 g/mol. The first-order valence-corrected chi connectivity index (χ1v) is 7.10. The molecule has 0 fully saturated rings. The van der Waals surface area contributed by atoms with Crippen molar-refractivity contribution in [3.63, 3.8) is 0 Å². The lowest BCUT2D eigenvalue weighted by molar-refractivity contribution is 0.440. The van der Waals surface area contributed by atoms with E-state index >= 15 is 0 Å². The van der Waals surface area contributed by atoms with E-state index in [1.807, 2.05) is 13.1 Å². The van der Waals surface area contributed by atoms with E-state index in [2.05, 4.69) is 17.2 Å². The van der Waals surface area contributed by atoms with Crippen LogP contribution in [0.2, 0.25) is 0 Å². The van der Waals surface area contributed by atoms with Crippen molar-refractivity contribution in [2.75, 3.05) is 0 Å². The van der Waals surface area contributed by atoms with E-state index in [9.17, 15) is 10.2 Å². The first-order chi connectivity index (χ1) is 9.10. The van der Waals surface area contributed by atoms with Gasteiger partial charge in [-0.25, -0.2) is 4.98 Å². The number of nitrogens with one attached hydrogen (secondary N) is 1. The lowest BCUT2D eigenvalue weighted by Crippen LogP contribution is -2.18. The predicted molar refractivity (Wildman–Crippen MR) is 76.5 cm³/mol. The summed E-state index contributed by atoms with van der Waals surface area (Å²) in [6, 6.07) is 4.49. The highest BCUT2D eigenvalue weighted by Gasteiger charge is 2.11. The van der Waals surface area contributed by atoms with Crippen LogP contribution in [0, 0.1) is 0 Å². The molecule has 1 unspecified atom stereocenters. The Balaban J connectivity index is 2.00. The highest BCUT2D eigenvalue weighted by Crippen LogP contribution is 2.28. The molecular formula is C14H18N2O2S. The minimum absolute atomic E-state index is 0.0546. The fraction of sp³-hybridized carbons (Fsp3) is 0.357. The Hall–Kier alpha value is -1.59. The highest BCUT2D eigenvalue weighted by atomic mass is 32.1. The summed E-state index contributed by atoms with van der Waals surface area (Å²) in [6.45, 7) is 4.71. The molecule has 4 nitrogen and oxygen atoms in total. The second-order valence-corrected chi connectivity index (χ2v) is 5.62. The van der Waals surface area contributed by atoms with Crippen molar-refractivity contribution in [3.05, 3.63) is 39.8 Å². The van der Waals surface area contributed by atoms with Crippen molar-refractivity contribution in [1.82, 2.24) is 10.3 Å². The SMILES string of the molecule is CCc1cnc(CNC(C)c2cc(O)ccc2O)s1. The van der Waals surface area contributed by atoms with Crippen LogP contribution in [0.15, 0.2) is 24.4 Å². The summed E-state index contributed by atoms with van der Waals surface area (Å²) in [5, 5.41) is 23.6. The minimum Gasteiger partial charge on any atom is -0.508 e. The number of hydrogen-bond acceptors (Lipinski definition) is 5. The number of phenolic OH excluding ortho intramolecular Hbond substituents is 2. The third-order valence-electron chi connectivity index (χ3n) is 2.99. The van der Waals surface area contributed by atoms with Gasteiger partial charge in [-0.2, -0.15) is 0 Å². The summed E-state index contributed by atoms with van der Waals surface area (Å²) in [4.78, 5) is 5.60. The van der Waals surface area contributed by atoms with E-state index in [1.54, 1.807) is 17.4 Å². The maximum Gasteiger partial charge on any atom is 0.120 e. The first kappa shape index (κ1) is 13.8. The molecule has 0 bridgehead atoms. The van der Waals surface area contributed by atoms with Gasteiger partial charge in [0.2, 0.25) is 0 Å². The summed E-state index contributed by atoms with van der Waals surface area (Å²) < 4.78 is 0. The van der Waals surface area contributed by atoms with Gasteiger partial charge in [-0.1, -0.05) is 6.92 Å². The van der Waals surface area contributed by atoms with Crippen LogP contribution < -0.4 is 5.32 Å². The maximum atomic E-state index is 9.78. The molecule has 1 heterocycles. The maximum absolute atomic E-state index is 9.78. The molecule has 102 valence electrons. The molecule has 0 saturated carbocycles. The molecule has 2 aromatic rings. The van der Waals surface area contributed by atoms with Gasteiger partial charge >= 0.3 is 0 Å². The van der Waals surface area contributed by atoms with E-state index in [0.717, 1.165) is 11.4 Å². The molecule has 0 aliphatic heterocycles. The van der Waals surface area contributed by atoms with E-state index < -0.39 is 0 Å². The Kier molecular flexibility index (Phi) is 4.39. The largest absolute Gasteiger partial charge is 0.508 e. The smallest absolute Gasteiger partial charge is 0.120 e. The number of aromatic nitrogens is 1. The molecular weight excluding hydrogens is 260 g/mol. The molecule has 0 aliphatic rings. The van der Waals surface area contributed by atoms with Gasteiger partial charge in [0.05, 0.1) is 0 Å². The normalized spacial score (nSPS) is 12.5. The van der Waals surface area contributed by atoms with Gasteiger partial charge in [-0.15, -0.1) is 11.3 Å². The average molecular weight is 278 g/mol. The van der Waals surface area contributed by atoms with Crippen LogP contribution in [0.3, 0.4) is 0 Å². The van der Waals surface area contributed by atoms with Crippen LogP contribution >= 0.6 is 11.3 Å². The standard InChI is InChI=1S/C14H18N2O2S/c1-3-11-7-16-14(19-11)8-15-9(2)12-6-10(17)4-5-13(12)18/h4-7,9,15,17-18H,3,8H2,1-2H3. The number of nitrogens with zero attached hydrogens (tertiary/aromatic N) is 1. The fourth-order valence-corrected chi connectivity index (χ4v) is 2.65. The third kappa shape index (κ3) is 3.45. The van der Waals surface area contributed by atoms with Crippen LogP contribution in [0.1, 0.15) is 35.3 Å². The topological polar surface area (TPSA) is 65.4 Å². The van der Waals surface area contributed by atoms with E-state index in [4.69, 9.17) is 0 Å². The van der Waals surface area contributed by atoms with Crippen molar-refractivity contribution in [1.29, 1.82) is 0 Å². The van der Waals surface area contributed by atoms with Crippen molar-refractivity contribution in [2.24, 2.45) is 0 Å². The zero-order valence-corrected chi connectivity index (χ0v) is 11.9. The molecule has 1 aromatic carbocycles. The second-order valence-electron chi connectivity index (χ2n) is 4.42. The number of aromatic hydroxyl groups is 2. The Morgan fingerprint density at radius 1 is 1.37 bits per heavy atom. The van der Waals surface area contributed by atoms with Gasteiger partial charge in [0, 0.05) is 29.2 Å². The van der Waals surface area contributed by atoms with E-state index in [-0.39, 0.29) is 17.5 Å². The molecule has 0 saturated heterocycles. The Morgan fingerprint density at radius 3 is 2.84 bits per heavy atom. The second kappa shape index (κ2) is 6.04. The van der Waals surface area contributed by atoms with Crippen LogP contribution in [0.4, 0.5) is 0 Å². The lowest BCUT2D eigenvalue weighted by atomic mass is 10.1. The van der Waals surface area contributed by atoms with Gasteiger partial charge in [0.1, 0.15) is 16.5 Å². The summed E-state index contributed by atoms with van der Waals surface area (Å²) in [5.74, 6) is 0.343. The molecule has 1 aromatic heterocycles. The van der Waals surface area contributed by atoms with Crippen molar-refractivity contribution in [2.45, 2.75) is 32.9 Å². The Morgan fingerprint density at radius 2 is 2.16 bits per heavy atom. The molecule has 0 aliphatic carbocycles. The molecule has 19 heavy (non-hydrogen) atoms. The lowest BCUT2D eigenvalue weighted by Gasteiger charge is -2.15. The Labute approximate surface area is 116 Å². The van der Waals surface area contributed by atoms with Gasteiger partial charge < -0.3 is 15.5 Å². The van der Waals surface area contributed by atoms with Crippen LogP contribution in [0.25, 0.3) is 0 Å². The van der Waals surface area contributed by atoms with E-state index in [0.29, 0.717) is 12.1 Å². The summed E-state index contributed by atoms with van der Waals surface area (Å²) in [7, 11) is 0. The summed E-state index contributed by atoms with van der Waals surface area (Å²) in [5.41, 5.74) is 0.687. The molecule has 0 amide bonds.